The fraction of sp³-hybridized carbons (Fsp3) is 0.688. The highest BCUT2D eigenvalue weighted by Gasteiger charge is 2.13. The van der Waals surface area contributed by atoms with Crippen molar-refractivity contribution in [2.24, 2.45) is 5.92 Å². The molecule has 1 N–H and O–H groups in total. The lowest BCUT2D eigenvalue weighted by Crippen LogP contribution is -2.31. The summed E-state index contributed by atoms with van der Waals surface area (Å²) in [5.41, 5.74) is 1.29. The van der Waals surface area contributed by atoms with Gasteiger partial charge in [0.05, 0.1) is 0 Å². The third kappa shape index (κ3) is 5.60. The van der Waals surface area contributed by atoms with Crippen LogP contribution in [0.2, 0.25) is 0 Å². The molecule has 0 amide bonds. The lowest BCUT2D eigenvalue weighted by molar-refractivity contribution is 0.502. The Morgan fingerprint density at radius 1 is 1.21 bits per heavy atom. The summed E-state index contributed by atoms with van der Waals surface area (Å²) in [6, 6.07) is 5.29. The summed E-state index contributed by atoms with van der Waals surface area (Å²) in [4.78, 5) is 6.77. The molecule has 0 aliphatic carbocycles. The summed E-state index contributed by atoms with van der Waals surface area (Å²) in [6.45, 7) is 12.0. The van der Waals surface area contributed by atoms with Gasteiger partial charge in [-0.05, 0) is 37.0 Å². The van der Waals surface area contributed by atoms with E-state index in [0.717, 1.165) is 12.4 Å². The van der Waals surface area contributed by atoms with Crippen molar-refractivity contribution in [2.45, 2.75) is 59.7 Å². The van der Waals surface area contributed by atoms with Crippen LogP contribution in [0.15, 0.2) is 18.3 Å². The van der Waals surface area contributed by atoms with Gasteiger partial charge in [-0.25, -0.2) is 4.98 Å². The lowest BCUT2D eigenvalue weighted by Gasteiger charge is -2.27. The van der Waals surface area contributed by atoms with Gasteiger partial charge in [0.15, 0.2) is 0 Å². The van der Waals surface area contributed by atoms with Crippen LogP contribution in [0.1, 0.15) is 46.6 Å². The van der Waals surface area contributed by atoms with Crippen LogP contribution in [-0.4, -0.2) is 24.1 Å². The largest absolute Gasteiger partial charge is 0.357 e. The predicted octanol–water partition coefficient (Wildman–Crippen LogP) is 3.45. The van der Waals surface area contributed by atoms with Crippen molar-refractivity contribution >= 4 is 5.82 Å². The van der Waals surface area contributed by atoms with E-state index >= 15 is 0 Å². The van der Waals surface area contributed by atoms with E-state index in [9.17, 15) is 0 Å². The third-order valence-electron chi connectivity index (χ3n) is 3.36. The monoisotopic (exact) mass is 263 g/mol. The summed E-state index contributed by atoms with van der Waals surface area (Å²) in [5.74, 6) is 1.78. The number of hydrogen-bond donors (Lipinski definition) is 1. The minimum absolute atomic E-state index is 0.509. The Balaban J connectivity index is 2.69. The highest BCUT2D eigenvalue weighted by Crippen LogP contribution is 2.17. The summed E-state index contributed by atoms with van der Waals surface area (Å²) in [6.07, 6.45) is 3.10. The van der Waals surface area contributed by atoms with Crippen LogP contribution >= 0.6 is 0 Å². The highest BCUT2D eigenvalue weighted by molar-refractivity contribution is 5.41. The van der Waals surface area contributed by atoms with E-state index < -0.39 is 0 Å². The maximum absolute atomic E-state index is 4.49. The molecule has 108 valence electrons. The fourth-order valence-electron chi connectivity index (χ4n) is 2.15. The molecule has 1 heterocycles. The fourth-order valence-corrected chi connectivity index (χ4v) is 2.15. The van der Waals surface area contributed by atoms with Crippen molar-refractivity contribution in [3.63, 3.8) is 0 Å². The molecule has 19 heavy (non-hydrogen) atoms. The van der Waals surface area contributed by atoms with E-state index in [0.29, 0.717) is 18.0 Å². The first-order valence-corrected chi connectivity index (χ1v) is 7.31. The number of nitrogens with one attached hydrogen (secondary N) is 1. The Morgan fingerprint density at radius 2 is 1.89 bits per heavy atom. The van der Waals surface area contributed by atoms with Crippen molar-refractivity contribution in [1.29, 1.82) is 0 Å². The summed E-state index contributed by atoms with van der Waals surface area (Å²) < 4.78 is 0. The van der Waals surface area contributed by atoms with E-state index in [1.165, 1.54) is 12.0 Å². The quantitative estimate of drug-likeness (QED) is 0.816. The molecule has 0 radical (unpaired) electrons. The number of aromatic nitrogens is 1. The summed E-state index contributed by atoms with van der Waals surface area (Å²) in [5, 5.41) is 3.44. The zero-order valence-electron chi connectivity index (χ0n) is 13.3. The zero-order chi connectivity index (χ0) is 14.4. The molecule has 1 aromatic heterocycles. The molecule has 0 saturated heterocycles. The second-order valence-corrected chi connectivity index (χ2v) is 6.15. The molecule has 1 rings (SSSR count). The van der Waals surface area contributed by atoms with Gasteiger partial charge in [0, 0.05) is 31.9 Å². The van der Waals surface area contributed by atoms with E-state index in [4.69, 9.17) is 0 Å². The van der Waals surface area contributed by atoms with Gasteiger partial charge < -0.3 is 10.2 Å². The minimum atomic E-state index is 0.509. The molecule has 0 aliphatic rings. The van der Waals surface area contributed by atoms with Crippen molar-refractivity contribution in [2.75, 3.05) is 11.9 Å². The second-order valence-electron chi connectivity index (χ2n) is 6.15. The van der Waals surface area contributed by atoms with Crippen LogP contribution in [0.4, 0.5) is 5.82 Å². The van der Waals surface area contributed by atoms with Crippen molar-refractivity contribution < 1.29 is 0 Å². The van der Waals surface area contributed by atoms with Gasteiger partial charge in [-0.1, -0.05) is 27.7 Å². The predicted molar refractivity (Wildman–Crippen MR) is 83.5 cm³/mol. The zero-order valence-corrected chi connectivity index (χ0v) is 13.3. The first-order valence-electron chi connectivity index (χ1n) is 7.31. The van der Waals surface area contributed by atoms with Crippen molar-refractivity contribution in [3.05, 3.63) is 23.9 Å². The highest BCUT2D eigenvalue weighted by atomic mass is 15.2. The molecule has 0 aromatic carbocycles. The lowest BCUT2D eigenvalue weighted by atomic mass is 10.0. The number of rotatable bonds is 7. The Kier molecular flexibility index (Phi) is 6.29. The van der Waals surface area contributed by atoms with Crippen LogP contribution in [0.25, 0.3) is 0 Å². The molecule has 1 unspecified atom stereocenters. The molecule has 0 saturated carbocycles. The van der Waals surface area contributed by atoms with Crippen LogP contribution in [-0.2, 0) is 6.54 Å². The van der Waals surface area contributed by atoms with Crippen molar-refractivity contribution in [3.8, 4) is 0 Å². The van der Waals surface area contributed by atoms with Crippen LogP contribution in [0.5, 0.6) is 0 Å². The van der Waals surface area contributed by atoms with Gasteiger partial charge in [-0.2, -0.15) is 0 Å². The Labute approximate surface area is 118 Å². The number of hydrogen-bond acceptors (Lipinski definition) is 3. The summed E-state index contributed by atoms with van der Waals surface area (Å²) >= 11 is 0. The maximum atomic E-state index is 4.49. The molecule has 0 spiro atoms. The Hall–Kier alpha value is -1.09. The molecular weight excluding hydrogens is 234 g/mol. The number of anilines is 1. The van der Waals surface area contributed by atoms with Crippen LogP contribution < -0.4 is 10.2 Å². The number of nitrogens with zero attached hydrogens (tertiary/aromatic N) is 2. The smallest absolute Gasteiger partial charge is 0.128 e. The minimum Gasteiger partial charge on any atom is -0.357 e. The third-order valence-corrected chi connectivity index (χ3v) is 3.36. The van der Waals surface area contributed by atoms with Crippen LogP contribution in [0.3, 0.4) is 0 Å². The van der Waals surface area contributed by atoms with Gasteiger partial charge in [0.1, 0.15) is 5.82 Å². The Bertz CT molecular complexity index is 374. The van der Waals surface area contributed by atoms with Gasteiger partial charge in [-0.3, -0.25) is 0 Å². The molecule has 3 heteroatoms. The standard InChI is InChI=1S/C16H29N3/c1-12(2)9-14(5)19(6)16-10-15(7-8-17-16)11-18-13(3)4/h7-8,10,12-14,18H,9,11H2,1-6H3. The molecule has 0 aliphatic heterocycles. The topological polar surface area (TPSA) is 28.2 Å². The Morgan fingerprint density at radius 3 is 2.47 bits per heavy atom. The van der Waals surface area contributed by atoms with E-state index in [2.05, 4.69) is 69.0 Å². The molecule has 1 atom stereocenters. The second kappa shape index (κ2) is 7.49. The average molecular weight is 263 g/mol. The molecule has 0 bridgehead atoms. The van der Waals surface area contributed by atoms with E-state index in [1.807, 2.05) is 6.20 Å². The average Bonchev–Trinajstić information content (AvgIpc) is 2.35. The molecule has 3 nitrogen and oxygen atoms in total. The molecule has 1 aromatic rings. The SMILES string of the molecule is CC(C)CC(C)N(C)c1cc(CNC(C)C)ccn1. The number of pyridine rings is 1. The van der Waals surface area contributed by atoms with Crippen molar-refractivity contribution in [1.82, 2.24) is 10.3 Å². The van der Waals surface area contributed by atoms with E-state index in [1.54, 1.807) is 0 Å². The van der Waals surface area contributed by atoms with Gasteiger partial charge in [0.2, 0.25) is 0 Å². The molecule has 0 fully saturated rings. The van der Waals surface area contributed by atoms with E-state index in [-0.39, 0.29) is 0 Å². The molecular formula is C16H29N3. The summed E-state index contributed by atoms with van der Waals surface area (Å²) in [7, 11) is 2.13. The maximum Gasteiger partial charge on any atom is 0.128 e. The van der Waals surface area contributed by atoms with Gasteiger partial charge in [0.25, 0.3) is 0 Å². The van der Waals surface area contributed by atoms with Gasteiger partial charge >= 0.3 is 0 Å². The normalized spacial score (nSPS) is 13.1. The first-order chi connectivity index (χ1) is 8.90. The first kappa shape index (κ1) is 16.0. The van der Waals surface area contributed by atoms with Crippen LogP contribution in [0, 0.1) is 5.92 Å². The van der Waals surface area contributed by atoms with Gasteiger partial charge in [-0.15, -0.1) is 0 Å².